The molecule has 0 unspecified atom stereocenters. The van der Waals surface area contributed by atoms with Gasteiger partial charge in [0, 0.05) is 18.8 Å². The summed E-state index contributed by atoms with van der Waals surface area (Å²) in [4.78, 5) is 4.24. The summed E-state index contributed by atoms with van der Waals surface area (Å²) in [5.41, 5.74) is 15.9. The maximum atomic E-state index is 5.88. The Morgan fingerprint density at radius 1 is 1.47 bits per heavy atom. The molecule has 5 nitrogen and oxygen atoms in total. The fourth-order valence-corrected chi connectivity index (χ4v) is 1.34. The van der Waals surface area contributed by atoms with Crippen molar-refractivity contribution < 1.29 is 0 Å². The second-order valence-corrected chi connectivity index (χ2v) is 3.61. The van der Waals surface area contributed by atoms with Crippen LogP contribution in [0.1, 0.15) is 20.8 Å². The number of nitrogen functional groups attached to an aromatic ring is 2. The number of hydrogen-bond acceptors (Lipinski definition) is 5. The smallest absolute Gasteiger partial charge is 0.168 e. The largest absolute Gasteiger partial charge is 0.397 e. The van der Waals surface area contributed by atoms with Gasteiger partial charge in [-0.3, -0.25) is 5.01 Å². The lowest BCUT2D eigenvalue weighted by molar-refractivity contribution is 0.572. The zero-order valence-electron chi connectivity index (χ0n) is 9.49. The normalized spacial score (nSPS) is 10.7. The maximum absolute atomic E-state index is 5.88. The van der Waals surface area contributed by atoms with Gasteiger partial charge in [0.15, 0.2) is 5.82 Å². The highest BCUT2D eigenvalue weighted by molar-refractivity contribution is 5.75. The van der Waals surface area contributed by atoms with Crippen molar-refractivity contribution in [3.05, 3.63) is 12.3 Å². The minimum atomic E-state index is 0.265. The van der Waals surface area contributed by atoms with Crippen molar-refractivity contribution in [1.29, 1.82) is 0 Å². The van der Waals surface area contributed by atoms with Crippen LogP contribution in [0.4, 0.5) is 17.2 Å². The van der Waals surface area contributed by atoms with Gasteiger partial charge in [0.05, 0.1) is 11.4 Å². The van der Waals surface area contributed by atoms with E-state index in [4.69, 9.17) is 11.5 Å². The second kappa shape index (κ2) is 4.84. The highest BCUT2D eigenvalue weighted by Gasteiger charge is 2.14. The Bertz CT molecular complexity index is 324. The summed E-state index contributed by atoms with van der Waals surface area (Å²) >= 11 is 0. The van der Waals surface area contributed by atoms with Gasteiger partial charge in [-0.2, -0.15) is 0 Å². The molecule has 0 aliphatic rings. The zero-order chi connectivity index (χ0) is 11.4. The first-order valence-electron chi connectivity index (χ1n) is 5.10. The van der Waals surface area contributed by atoms with Gasteiger partial charge in [0.1, 0.15) is 0 Å². The second-order valence-electron chi connectivity index (χ2n) is 3.61. The van der Waals surface area contributed by atoms with Crippen LogP contribution in [0.25, 0.3) is 0 Å². The number of anilines is 3. The van der Waals surface area contributed by atoms with Crippen molar-refractivity contribution in [3.8, 4) is 0 Å². The third kappa shape index (κ3) is 2.50. The quantitative estimate of drug-likeness (QED) is 0.644. The average molecular weight is 209 g/mol. The van der Waals surface area contributed by atoms with Crippen LogP contribution in [0.15, 0.2) is 12.3 Å². The molecule has 84 valence electrons. The SMILES string of the molecule is CCNN(c1nccc(N)c1N)C(C)C. The Balaban J connectivity index is 3.05. The molecule has 5 N–H and O–H groups in total. The molecule has 0 aliphatic carbocycles. The molecule has 0 atom stereocenters. The van der Waals surface area contributed by atoms with Crippen molar-refractivity contribution in [1.82, 2.24) is 10.4 Å². The molecule has 0 bridgehead atoms. The first kappa shape index (κ1) is 11.6. The summed E-state index contributed by atoms with van der Waals surface area (Å²) in [6, 6.07) is 1.96. The number of pyridine rings is 1. The summed E-state index contributed by atoms with van der Waals surface area (Å²) in [5, 5.41) is 1.92. The van der Waals surface area contributed by atoms with E-state index in [-0.39, 0.29) is 6.04 Å². The van der Waals surface area contributed by atoms with Gasteiger partial charge in [-0.1, -0.05) is 6.92 Å². The molecule has 0 radical (unpaired) electrons. The minimum absolute atomic E-state index is 0.265. The van der Waals surface area contributed by atoms with E-state index in [0.717, 1.165) is 6.54 Å². The van der Waals surface area contributed by atoms with Gasteiger partial charge in [-0.15, -0.1) is 0 Å². The molecule has 1 rings (SSSR count). The summed E-state index contributed by atoms with van der Waals surface area (Å²) < 4.78 is 0. The molecule has 0 aromatic carbocycles. The lowest BCUT2D eigenvalue weighted by Crippen LogP contribution is -2.44. The van der Waals surface area contributed by atoms with E-state index in [2.05, 4.69) is 24.3 Å². The Morgan fingerprint density at radius 2 is 2.13 bits per heavy atom. The first-order valence-corrected chi connectivity index (χ1v) is 5.10. The zero-order valence-corrected chi connectivity index (χ0v) is 9.49. The van der Waals surface area contributed by atoms with Gasteiger partial charge in [-0.05, 0) is 19.9 Å². The summed E-state index contributed by atoms with van der Waals surface area (Å²) in [6.45, 7) is 6.96. The number of nitrogens with one attached hydrogen (secondary N) is 1. The van der Waals surface area contributed by atoms with E-state index >= 15 is 0 Å². The molecule has 1 aromatic rings. The summed E-state index contributed by atoms with van der Waals surface area (Å²) in [6.07, 6.45) is 1.66. The molecule has 15 heavy (non-hydrogen) atoms. The average Bonchev–Trinajstić information content (AvgIpc) is 2.19. The van der Waals surface area contributed by atoms with E-state index in [0.29, 0.717) is 17.2 Å². The number of hydrogen-bond donors (Lipinski definition) is 3. The maximum Gasteiger partial charge on any atom is 0.168 e. The topological polar surface area (TPSA) is 80.2 Å². The van der Waals surface area contributed by atoms with E-state index in [1.807, 2.05) is 11.9 Å². The fourth-order valence-electron chi connectivity index (χ4n) is 1.34. The molecule has 5 heteroatoms. The van der Waals surface area contributed by atoms with Crippen LogP contribution >= 0.6 is 0 Å². The van der Waals surface area contributed by atoms with Crippen molar-refractivity contribution in [2.45, 2.75) is 26.8 Å². The standard InChI is InChI=1S/C10H19N5/c1-4-14-15(7(2)3)10-9(12)8(11)5-6-13-10/h5-7,14H,4,12H2,1-3H3,(H2,11,13). The Labute approximate surface area is 90.4 Å². The van der Waals surface area contributed by atoms with E-state index in [9.17, 15) is 0 Å². The van der Waals surface area contributed by atoms with Crippen LogP contribution in [-0.2, 0) is 0 Å². The Morgan fingerprint density at radius 3 is 2.67 bits per heavy atom. The van der Waals surface area contributed by atoms with Gasteiger partial charge in [0.2, 0.25) is 0 Å². The van der Waals surface area contributed by atoms with Crippen LogP contribution in [-0.4, -0.2) is 17.6 Å². The monoisotopic (exact) mass is 209 g/mol. The predicted octanol–water partition coefficient (Wildman–Crippen LogP) is 0.985. The molecular formula is C10H19N5. The first-order chi connectivity index (χ1) is 7.07. The lowest BCUT2D eigenvalue weighted by Gasteiger charge is -2.29. The Kier molecular flexibility index (Phi) is 3.74. The summed E-state index contributed by atoms with van der Waals surface area (Å²) in [7, 11) is 0. The number of nitrogens with zero attached hydrogens (tertiary/aromatic N) is 2. The van der Waals surface area contributed by atoms with Gasteiger partial charge in [0.25, 0.3) is 0 Å². The fraction of sp³-hybridized carbons (Fsp3) is 0.500. The Hall–Kier alpha value is -1.49. The van der Waals surface area contributed by atoms with Crippen molar-refractivity contribution in [2.75, 3.05) is 23.0 Å². The molecule has 1 heterocycles. The molecule has 0 amide bonds. The van der Waals surface area contributed by atoms with Crippen LogP contribution in [0.3, 0.4) is 0 Å². The molecule has 0 spiro atoms. The lowest BCUT2D eigenvalue weighted by atomic mass is 10.3. The van der Waals surface area contributed by atoms with E-state index in [1.54, 1.807) is 12.3 Å². The van der Waals surface area contributed by atoms with Crippen molar-refractivity contribution >= 4 is 17.2 Å². The minimum Gasteiger partial charge on any atom is -0.397 e. The third-order valence-corrected chi connectivity index (χ3v) is 2.08. The van der Waals surface area contributed by atoms with Crippen LogP contribution in [0, 0.1) is 0 Å². The molecular weight excluding hydrogens is 190 g/mol. The van der Waals surface area contributed by atoms with E-state index in [1.165, 1.54) is 0 Å². The molecule has 1 aromatic heterocycles. The number of aromatic nitrogens is 1. The van der Waals surface area contributed by atoms with Gasteiger partial charge >= 0.3 is 0 Å². The highest BCUT2D eigenvalue weighted by Crippen LogP contribution is 2.25. The predicted molar refractivity (Wildman–Crippen MR) is 64.4 cm³/mol. The number of hydrazine groups is 1. The highest BCUT2D eigenvalue weighted by atomic mass is 15.5. The molecule has 0 saturated carbocycles. The van der Waals surface area contributed by atoms with Crippen molar-refractivity contribution in [3.63, 3.8) is 0 Å². The third-order valence-electron chi connectivity index (χ3n) is 2.08. The molecule has 0 saturated heterocycles. The molecule has 0 aliphatic heterocycles. The van der Waals surface area contributed by atoms with Crippen molar-refractivity contribution in [2.24, 2.45) is 0 Å². The number of rotatable bonds is 4. The van der Waals surface area contributed by atoms with Gasteiger partial charge in [-0.25, -0.2) is 10.4 Å². The molecule has 0 fully saturated rings. The van der Waals surface area contributed by atoms with Crippen LogP contribution < -0.4 is 21.9 Å². The number of nitrogens with two attached hydrogens (primary N) is 2. The summed E-state index contributed by atoms with van der Waals surface area (Å²) in [5.74, 6) is 0.687. The van der Waals surface area contributed by atoms with Crippen LogP contribution in [0.2, 0.25) is 0 Å². The van der Waals surface area contributed by atoms with Crippen LogP contribution in [0.5, 0.6) is 0 Å². The van der Waals surface area contributed by atoms with Gasteiger partial charge < -0.3 is 11.5 Å². The van der Waals surface area contributed by atoms with E-state index < -0.39 is 0 Å².